The predicted octanol–water partition coefficient (Wildman–Crippen LogP) is 1.53. The molecule has 76 valence electrons. The molecule has 0 bridgehead atoms. The second-order valence-corrected chi connectivity index (χ2v) is 3.26. The Labute approximate surface area is 81.4 Å². The molecule has 0 saturated heterocycles. The standard InChI is InChI=1S/C10H12FNO2/c1-5-3-7(9(12)10(13)14)4-8(11)6(5)2/h3-4,9H,12H2,1-2H3,(H,13,14). The van der Waals surface area contributed by atoms with Crippen LogP contribution in [0.2, 0.25) is 0 Å². The lowest BCUT2D eigenvalue weighted by Gasteiger charge is -2.10. The molecular formula is C10H12FNO2. The molecule has 3 nitrogen and oxygen atoms in total. The molecule has 0 aliphatic rings. The van der Waals surface area contributed by atoms with E-state index in [4.69, 9.17) is 10.8 Å². The van der Waals surface area contributed by atoms with Crippen molar-refractivity contribution in [3.05, 3.63) is 34.6 Å². The lowest BCUT2D eigenvalue weighted by atomic mass is 10.0. The Kier molecular flexibility index (Phi) is 2.86. The van der Waals surface area contributed by atoms with Crippen LogP contribution in [0.5, 0.6) is 0 Å². The zero-order chi connectivity index (χ0) is 10.9. The first kappa shape index (κ1) is 10.7. The first-order valence-electron chi connectivity index (χ1n) is 4.18. The number of rotatable bonds is 2. The van der Waals surface area contributed by atoms with Crippen molar-refractivity contribution in [3.63, 3.8) is 0 Å². The summed E-state index contributed by atoms with van der Waals surface area (Å²) in [6.07, 6.45) is 0. The highest BCUT2D eigenvalue weighted by molar-refractivity contribution is 5.75. The van der Waals surface area contributed by atoms with Crippen molar-refractivity contribution in [2.24, 2.45) is 5.73 Å². The Balaban J connectivity index is 3.19. The maximum atomic E-state index is 13.2. The zero-order valence-electron chi connectivity index (χ0n) is 8.04. The summed E-state index contributed by atoms with van der Waals surface area (Å²) < 4.78 is 13.2. The Morgan fingerprint density at radius 1 is 1.50 bits per heavy atom. The maximum absolute atomic E-state index is 13.2. The van der Waals surface area contributed by atoms with Gasteiger partial charge in [-0.1, -0.05) is 6.07 Å². The van der Waals surface area contributed by atoms with Gasteiger partial charge in [-0.05, 0) is 36.6 Å². The molecule has 1 rings (SSSR count). The molecule has 4 heteroatoms. The van der Waals surface area contributed by atoms with E-state index in [-0.39, 0.29) is 5.56 Å². The number of aliphatic carboxylic acids is 1. The number of hydrogen-bond donors (Lipinski definition) is 2. The molecule has 0 radical (unpaired) electrons. The van der Waals surface area contributed by atoms with Crippen molar-refractivity contribution < 1.29 is 14.3 Å². The van der Waals surface area contributed by atoms with Gasteiger partial charge in [0.2, 0.25) is 0 Å². The molecule has 14 heavy (non-hydrogen) atoms. The Morgan fingerprint density at radius 3 is 2.50 bits per heavy atom. The van der Waals surface area contributed by atoms with Gasteiger partial charge in [-0.25, -0.2) is 4.39 Å². The molecule has 1 unspecified atom stereocenters. The SMILES string of the molecule is Cc1cc(C(N)C(=O)O)cc(F)c1C. The van der Waals surface area contributed by atoms with Gasteiger partial charge in [0.25, 0.3) is 0 Å². The summed E-state index contributed by atoms with van der Waals surface area (Å²) in [6.45, 7) is 3.36. The highest BCUT2D eigenvalue weighted by Crippen LogP contribution is 2.18. The van der Waals surface area contributed by atoms with E-state index in [1.807, 2.05) is 0 Å². The van der Waals surface area contributed by atoms with Crippen LogP contribution in [0.15, 0.2) is 12.1 Å². The average Bonchev–Trinajstić information content (AvgIpc) is 2.12. The number of nitrogens with two attached hydrogens (primary N) is 1. The summed E-state index contributed by atoms with van der Waals surface area (Å²) in [6, 6.07) is 1.60. The van der Waals surface area contributed by atoms with E-state index in [9.17, 15) is 9.18 Å². The fourth-order valence-corrected chi connectivity index (χ4v) is 1.16. The van der Waals surface area contributed by atoms with E-state index in [1.54, 1.807) is 19.9 Å². The number of aryl methyl sites for hydroxylation is 1. The molecule has 0 fully saturated rings. The lowest BCUT2D eigenvalue weighted by molar-refractivity contribution is -0.138. The van der Waals surface area contributed by atoms with Crippen LogP contribution in [0, 0.1) is 19.7 Å². The smallest absolute Gasteiger partial charge is 0.325 e. The summed E-state index contributed by atoms with van der Waals surface area (Å²) in [4.78, 5) is 10.6. The number of benzene rings is 1. The van der Waals surface area contributed by atoms with E-state index in [0.29, 0.717) is 11.1 Å². The molecule has 1 aromatic carbocycles. The van der Waals surface area contributed by atoms with Crippen LogP contribution in [0.25, 0.3) is 0 Å². The van der Waals surface area contributed by atoms with Crippen molar-refractivity contribution >= 4 is 5.97 Å². The second kappa shape index (κ2) is 3.75. The van der Waals surface area contributed by atoms with Crippen molar-refractivity contribution in [1.29, 1.82) is 0 Å². The number of halogens is 1. The summed E-state index contributed by atoms with van der Waals surface area (Å²) in [5, 5.41) is 8.64. The molecular weight excluding hydrogens is 185 g/mol. The van der Waals surface area contributed by atoms with Gasteiger partial charge in [0.1, 0.15) is 11.9 Å². The van der Waals surface area contributed by atoms with E-state index in [2.05, 4.69) is 0 Å². The van der Waals surface area contributed by atoms with E-state index < -0.39 is 17.8 Å². The molecule has 0 heterocycles. The molecule has 1 atom stereocenters. The largest absolute Gasteiger partial charge is 0.480 e. The molecule has 1 aromatic rings. The third-order valence-corrected chi connectivity index (χ3v) is 2.25. The highest BCUT2D eigenvalue weighted by Gasteiger charge is 2.16. The molecule has 0 aliphatic heterocycles. The number of carboxylic acids is 1. The minimum absolute atomic E-state index is 0.290. The van der Waals surface area contributed by atoms with Crippen molar-refractivity contribution in [2.45, 2.75) is 19.9 Å². The summed E-state index contributed by atoms with van der Waals surface area (Å²) >= 11 is 0. The van der Waals surface area contributed by atoms with Crippen LogP contribution in [-0.4, -0.2) is 11.1 Å². The predicted molar refractivity (Wildman–Crippen MR) is 50.4 cm³/mol. The fourth-order valence-electron chi connectivity index (χ4n) is 1.16. The second-order valence-electron chi connectivity index (χ2n) is 3.26. The first-order valence-corrected chi connectivity index (χ1v) is 4.18. The molecule has 0 aromatic heterocycles. The van der Waals surface area contributed by atoms with Crippen LogP contribution in [0.4, 0.5) is 4.39 Å². The van der Waals surface area contributed by atoms with E-state index >= 15 is 0 Å². The van der Waals surface area contributed by atoms with Gasteiger partial charge in [0, 0.05) is 0 Å². The monoisotopic (exact) mass is 197 g/mol. The van der Waals surface area contributed by atoms with Gasteiger partial charge in [-0.15, -0.1) is 0 Å². The van der Waals surface area contributed by atoms with Crippen LogP contribution in [0.1, 0.15) is 22.7 Å². The van der Waals surface area contributed by atoms with Crippen LogP contribution in [-0.2, 0) is 4.79 Å². The highest BCUT2D eigenvalue weighted by atomic mass is 19.1. The molecule has 3 N–H and O–H groups in total. The van der Waals surface area contributed by atoms with Gasteiger partial charge in [-0.3, -0.25) is 4.79 Å². The Hall–Kier alpha value is -1.42. The number of hydrogen-bond acceptors (Lipinski definition) is 2. The van der Waals surface area contributed by atoms with Gasteiger partial charge in [0.05, 0.1) is 0 Å². The first-order chi connectivity index (χ1) is 6.43. The van der Waals surface area contributed by atoms with Gasteiger partial charge >= 0.3 is 5.97 Å². The minimum Gasteiger partial charge on any atom is -0.480 e. The molecule has 0 spiro atoms. The van der Waals surface area contributed by atoms with Crippen LogP contribution >= 0.6 is 0 Å². The summed E-state index contributed by atoms with van der Waals surface area (Å²) in [5.41, 5.74) is 6.87. The van der Waals surface area contributed by atoms with E-state index in [0.717, 1.165) is 0 Å². The van der Waals surface area contributed by atoms with Crippen molar-refractivity contribution in [2.75, 3.05) is 0 Å². The van der Waals surface area contributed by atoms with Crippen LogP contribution in [0.3, 0.4) is 0 Å². The molecule has 0 aliphatic carbocycles. The van der Waals surface area contributed by atoms with Gasteiger partial charge < -0.3 is 10.8 Å². The number of carbonyl (C=O) groups is 1. The third kappa shape index (κ3) is 1.90. The van der Waals surface area contributed by atoms with Crippen LogP contribution < -0.4 is 5.73 Å². The quantitative estimate of drug-likeness (QED) is 0.755. The fraction of sp³-hybridized carbons (Fsp3) is 0.300. The summed E-state index contributed by atoms with van der Waals surface area (Å²) in [7, 11) is 0. The maximum Gasteiger partial charge on any atom is 0.325 e. The zero-order valence-corrected chi connectivity index (χ0v) is 8.04. The van der Waals surface area contributed by atoms with Crippen molar-refractivity contribution in [1.82, 2.24) is 0 Å². The molecule has 0 saturated carbocycles. The topological polar surface area (TPSA) is 63.3 Å². The summed E-state index contributed by atoms with van der Waals surface area (Å²) in [5.74, 6) is -1.58. The van der Waals surface area contributed by atoms with Gasteiger partial charge in [-0.2, -0.15) is 0 Å². The Morgan fingerprint density at radius 2 is 2.07 bits per heavy atom. The minimum atomic E-state index is -1.16. The molecule has 0 amide bonds. The van der Waals surface area contributed by atoms with Crippen molar-refractivity contribution in [3.8, 4) is 0 Å². The number of carboxylic acid groups (broad SMARTS) is 1. The lowest BCUT2D eigenvalue weighted by Crippen LogP contribution is -2.21. The Bertz CT molecular complexity index is 353. The average molecular weight is 197 g/mol. The van der Waals surface area contributed by atoms with Gasteiger partial charge in [0.15, 0.2) is 0 Å². The van der Waals surface area contributed by atoms with E-state index in [1.165, 1.54) is 6.07 Å². The third-order valence-electron chi connectivity index (χ3n) is 2.25. The normalized spacial score (nSPS) is 12.6.